The highest BCUT2D eigenvalue weighted by Gasteiger charge is 2.13. The molecule has 1 N–H and O–H groups in total. The largest absolute Gasteiger partial charge is 0.328 e. The molecule has 0 fully saturated rings. The van der Waals surface area contributed by atoms with Gasteiger partial charge in [0, 0.05) is 11.3 Å². The molecule has 0 heterocycles. The first-order valence-corrected chi connectivity index (χ1v) is 7.25. The Morgan fingerprint density at radius 3 is 2.30 bits per heavy atom. The zero-order valence-electron chi connectivity index (χ0n) is 10.8. The van der Waals surface area contributed by atoms with Gasteiger partial charge in [-0.2, -0.15) is 5.26 Å². The van der Waals surface area contributed by atoms with Crippen molar-refractivity contribution in [1.29, 1.82) is 5.26 Å². The van der Waals surface area contributed by atoms with Crippen molar-refractivity contribution < 1.29 is 4.79 Å². The highest BCUT2D eigenvalue weighted by Crippen LogP contribution is 2.16. The minimum Gasteiger partial charge on any atom is -0.328 e. The van der Waals surface area contributed by atoms with Crippen molar-refractivity contribution in [2.75, 3.05) is 0 Å². The summed E-state index contributed by atoms with van der Waals surface area (Å²) in [6.07, 6.45) is 0. The van der Waals surface area contributed by atoms with Crippen LogP contribution in [0.3, 0.4) is 0 Å². The summed E-state index contributed by atoms with van der Waals surface area (Å²) < 4.78 is 0. The van der Waals surface area contributed by atoms with Crippen LogP contribution in [0.25, 0.3) is 0 Å². The number of benzene rings is 2. The maximum Gasteiger partial charge on any atom is 0.252 e. The fourth-order valence-corrected chi connectivity index (χ4v) is 2.47. The Hall–Kier alpha value is -2.25. The summed E-state index contributed by atoms with van der Waals surface area (Å²) in [5.41, 5.74) is 1.69. The maximum absolute atomic E-state index is 11.9. The Bertz CT molecular complexity index is 593. The molecule has 0 spiro atoms. The number of carbonyl (C=O) groups excluding carboxylic acids is 1. The van der Waals surface area contributed by atoms with E-state index >= 15 is 0 Å². The number of nitrogens with zero attached hydrogens (tertiary/aromatic N) is 1. The molecule has 0 saturated heterocycles. The van der Waals surface area contributed by atoms with Crippen molar-refractivity contribution in [2.45, 2.75) is 11.1 Å². The molecule has 0 aromatic heterocycles. The average molecular weight is 282 g/mol. The molecule has 1 unspecified atom stereocenters. The second-order valence-corrected chi connectivity index (χ2v) is 5.24. The lowest BCUT2D eigenvalue weighted by molar-refractivity contribution is 0.0955. The molecule has 0 aliphatic carbocycles. The molecule has 3 nitrogen and oxygen atoms in total. The van der Waals surface area contributed by atoms with Crippen LogP contribution < -0.4 is 5.32 Å². The fraction of sp³-hybridized carbons (Fsp3) is 0.125. The molecule has 2 aromatic rings. The monoisotopic (exact) mass is 282 g/mol. The molecule has 1 amide bonds. The van der Waals surface area contributed by atoms with Crippen LogP contribution in [0, 0.1) is 11.3 Å². The minimum atomic E-state index is -0.553. The van der Waals surface area contributed by atoms with Crippen molar-refractivity contribution in [3.63, 3.8) is 0 Å². The second kappa shape index (κ2) is 7.37. The number of nitrogens with one attached hydrogen (secondary N) is 1. The SMILES string of the molecule is N#CC(NC(=O)c1ccccc1)SCc1ccccc1. The van der Waals surface area contributed by atoms with Crippen LogP contribution >= 0.6 is 11.8 Å². The Labute approximate surface area is 122 Å². The second-order valence-electron chi connectivity index (χ2n) is 4.15. The van der Waals surface area contributed by atoms with Crippen molar-refractivity contribution in [3.05, 3.63) is 71.8 Å². The molecule has 0 saturated carbocycles. The van der Waals surface area contributed by atoms with E-state index < -0.39 is 5.37 Å². The number of carbonyl (C=O) groups is 1. The van der Waals surface area contributed by atoms with Gasteiger partial charge in [-0.05, 0) is 17.7 Å². The third kappa shape index (κ3) is 4.15. The molecule has 2 rings (SSSR count). The fourth-order valence-electron chi connectivity index (χ4n) is 1.66. The van der Waals surface area contributed by atoms with Gasteiger partial charge in [-0.1, -0.05) is 48.5 Å². The quantitative estimate of drug-likeness (QED) is 0.857. The van der Waals surface area contributed by atoms with E-state index in [0.717, 1.165) is 5.56 Å². The Morgan fingerprint density at radius 2 is 1.70 bits per heavy atom. The summed E-state index contributed by atoms with van der Waals surface area (Å²) in [5, 5.41) is 11.3. The van der Waals surface area contributed by atoms with Gasteiger partial charge in [-0.15, -0.1) is 11.8 Å². The number of hydrogen-bond donors (Lipinski definition) is 1. The Morgan fingerprint density at radius 1 is 1.10 bits per heavy atom. The molecule has 0 aliphatic rings. The summed E-state index contributed by atoms with van der Waals surface area (Å²) in [5.74, 6) is 0.464. The molecular formula is C16H14N2OS. The third-order valence-corrected chi connectivity index (χ3v) is 3.73. The molecule has 4 heteroatoms. The van der Waals surface area contributed by atoms with Crippen LogP contribution in [0.15, 0.2) is 60.7 Å². The Balaban J connectivity index is 1.90. The lowest BCUT2D eigenvalue weighted by atomic mass is 10.2. The minimum absolute atomic E-state index is 0.224. The van der Waals surface area contributed by atoms with Gasteiger partial charge < -0.3 is 5.32 Å². The lowest BCUT2D eigenvalue weighted by Gasteiger charge is -2.11. The van der Waals surface area contributed by atoms with Crippen molar-refractivity contribution in [3.8, 4) is 6.07 Å². The van der Waals surface area contributed by atoms with E-state index in [9.17, 15) is 4.79 Å². The van der Waals surface area contributed by atoms with Gasteiger partial charge in [0.15, 0.2) is 5.37 Å². The first-order valence-electron chi connectivity index (χ1n) is 6.20. The van der Waals surface area contributed by atoms with Gasteiger partial charge in [-0.25, -0.2) is 0 Å². The van der Waals surface area contributed by atoms with Crippen molar-refractivity contribution in [2.24, 2.45) is 0 Å². The zero-order chi connectivity index (χ0) is 14.2. The van der Waals surface area contributed by atoms with Crippen LogP contribution in [0.1, 0.15) is 15.9 Å². The van der Waals surface area contributed by atoms with Crippen LogP contribution in [0.4, 0.5) is 0 Å². The van der Waals surface area contributed by atoms with E-state index in [2.05, 4.69) is 11.4 Å². The van der Waals surface area contributed by atoms with Crippen LogP contribution in [-0.4, -0.2) is 11.3 Å². The predicted molar refractivity (Wildman–Crippen MR) is 81.0 cm³/mol. The molecule has 20 heavy (non-hydrogen) atoms. The first-order chi connectivity index (χ1) is 9.79. The van der Waals surface area contributed by atoms with Crippen LogP contribution in [0.5, 0.6) is 0 Å². The van der Waals surface area contributed by atoms with Gasteiger partial charge in [-0.3, -0.25) is 4.79 Å². The number of amides is 1. The van der Waals surface area contributed by atoms with E-state index in [1.54, 1.807) is 24.3 Å². The molecular weight excluding hydrogens is 268 g/mol. The summed E-state index contributed by atoms with van der Waals surface area (Å²) in [4.78, 5) is 11.9. The summed E-state index contributed by atoms with van der Waals surface area (Å²) in [7, 11) is 0. The van der Waals surface area contributed by atoms with Gasteiger partial charge in [0.1, 0.15) is 0 Å². The van der Waals surface area contributed by atoms with Gasteiger partial charge in [0.2, 0.25) is 0 Å². The smallest absolute Gasteiger partial charge is 0.252 e. The highest BCUT2D eigenvalue weighted by molar-refractivity contribution is 7.99. The molecule has 2 aromatic carbocycles. The number of rotatable bonds is 5. The number of nitriles is 1. The molecule has 100 valence electrons. The molecule has 1 atom stereocenters. The van der Waals surface area contributed by atoms with Gasteiger partial charge >= 0.3 is 0 Å². The zero-order valence-corrected chi connectivity index (χ0v) is 11.6. The van der Waals surface area contributed by atoms with Gasteiger partial charge in [0.25, 0.3) is 5.91 Å². The van der Waals surface area contributed by atoms with Gasteiger partial charge in [0.05, 0.1) is 6.07 Å². The molecule has 0 radical (unpaired) electrons. The van der Waals surface area contributed by atoms with E-state index in [4.69, 9.17) is 5.26 Å². The molecule has 0 aliphatic heterocycles. The van der Waals surface area contributed by atoms with E-state index in [1.807, 2.05) is 36.4 Å². The summed E-state index contributed by atoms with van der Waals surface area (Å²) in [6, 6.07) is 20.9. The molecule has 0 bridgehead atoms. The van der Waals surface area contributed by atoms with E-state index in [0.29, 0.717) is 11.3 Å². The summed E-state index contributed by atoms with van der Waals surface area (Å²) in [6.45, 7) is 0. The van der Waals surface area contributed by atoms with Crippen molar-refractivity contribution >= 4 is 17.7 Å². The van der Waals surface area contributed by atoms with Crippen molar-refractivity contribution in [1.82, 2.24) is 5.32 Å². The normalized spacial score (nSPS) is 11.3. The Kier molecular flexibility index (Phi) is 5.22. The number of hydrogen-bond acceptors (Lipinski definition) is 3. The standard InChI is InChI=1S/C16H14N2OS/c17-11-15(20-12-13-7-3-1-4-8-13)18-16(19)14-9-5-2-6-10-14/h1-10,15H,12H2,(H,18,19). The van der Waals surface area contributed by atoms with Crippen LogP contribution in [-0.2, 0) is 5.75 Å². The third-order valence-electron chi connectivity index (χ3n) is 2.67. The van der Waals surface area contributed by atoms with E-state index in [1.165, 1.54) is 11.8 Å². The highest BCUT2D eigenvalue weighted by atomic mass is 32.2. The van der Waals surface area contributed by atoms with E-state index in [-0.39, 0.29) is 5.91 Å². The first kappa shape index (κ1) is 14.2. The average Bonchev–Trinajstić information content (AvgIpc) is 2.53. The number of thioether (sulfide) groups is 1. The topological polar surface area (TPSA) is 52.9 Å². The lowest BCUT2D eigenvalue weighted by Crippen LogP contribution is -2.31. The maximum atomic E-state index is 11.9. The predicted octanol–water partition coefficient (Wildman–Crippen LogP) is 3.20. The van der Waals surface area contributed by atoms with Crippen LogP contribution in [0.2, 0.25) is 0 Å². The summed E-state index contributed by atoms with van der Waals surface area (Å²) >= 11 is 1.40.